The number of nitrogens with zero attached hydrogens (tertiary/aromatic N) is 1. The lowest BCUT2D eigenvalue weighted by molar-refractivity contribution is -0.133. The quantitative estimate of drug-likeness (QED) is 0.920. The van der Waals surface area contributed by atoms with Crippen LogP contribution in [0, 0.1) is 0 Å². The molecule has 1 aromatic carbocycles. The van der Waals surface area contributed by atoms with Crippen LogP contribution in [0.4, 0.5) is 0 Å². The van der Waals surface area contributed by atoms with Crippen molar-refractivity contribution in [1.82, 2.24) is 10.2 Å². The Balaban J connectivity index is 0.00000200. The maximum absolute atomic E-state index is 12.0. The van der Waals surface area contributed by atoms with Gasteiger partial charge in [0.05, 0.1) is 5.02 Å². The Morgan fingerprint density at radius 1 is 1.30 bits per heavy atom. The van der Waals surface area contributed by atoms with Gasteiger partial charge in [0.25, 0.3) is 5.91 Å². The van der Waals surface area contributed by atoms with E-state index in [4.69, 9.17) is 27.9 Å². The van der Waals surface area contributed by atoms with Gasteiger partial charge < -0.3 is 15.0 Å². The van der Waals surface area contributed by atoms with Crippen LogP contribution in [-0.4, -0.2) is 43.6 Å². The summed E-state index contributed by atoms with van der Waals surface area (Å²) in [4.78, 5) is 13.8. The lowest BCUT2D eigenvalue weighted by Crippen LogP contribution is -2.37. The van der Waals surface area contributed by atoms with E-state index in [1.54, 1.807) is 18.2 Å². The normalized spacial score (nSPS) is 15.2. The highest BCUT2D eigenvalue weighted by molar-refractivity contribution is 6.35. The molecule has 0 bridgehead atoms. The fraction of sp³-hybridized carbons (Fsp3) is 0.462. The summed E-state index contributed by atoms with van der Waals surface area (Å²) in [6, 6.07) is 4.95. The van der Waals surface area contributed by atoms with Gasteiger partial charge in [-0.3, -0.25) is 4.79 Å². The number of rotatable bonds is 3. The van der Waals surface area contributed by atoms with Crippen molar-refractivity contribution in [3.8, 4) is 5.75 Å². The molecule has 0 atom stereocenters. The third-order valence-corrected chi connectivity index (χ3v) is 3.47. The van der Waals surface area contributed by atoms with Crippen molar-refractivity contribution < 1.29 is 9.53 Å². The first kappa shape index (κ1) is 17.4. The number of nitrogens with one attached hydrogen (secondary N) is 1. The van der Waals surface area contributed by atoms with Gasteiger partial charge in [-0.1, -0.05) is 23.2 Å². The minimum atomic E-state index is -0.0188. The van der Waals surface area contributed by atoms with Crippen LogP contribution in [-0.2, 0) is 4.79 Å². The standard InChI is InChI=1S/C13H16Cl2N2O2.ClH/c14-10-2-3-12(11(15)8-10)19-9-13(18)17-6-1-4-16-5-7-17;/h2-3,8,16H,1,4-7,9H2;1H. The van der Waals surface area contributed by atoms with Crippen LogP contribution in [0.2, 0.25) is 10.0 Å². The second-order valence-electron chi connectivity index (χ2n) is 4.35. The van der Waals surface area contributed by atoms with Crippen LogP contribution < -0.4 is 10.1 Å². The summed E-state index contributed by atoms with van der Waals surface area (Å²) < 4.78 is 5.45. The molecule has 1 fully saturated rings. The van der Waals surface area contributed by atoms with Crippen LogP contribution in [0.15, 0.2) is 18.2 Å². The molecule has 0 unspecified atom stereocenters. The first-order valence-electron chi connectivity index (χ1n) is 6.23. The summed E-state index contributed by atoms with van der Waals surface area (Å²) >= 11 is 11.8. The Kier molecular flexibility index (Phi) is 7.45. The van der Waals surface area contributed by atoms with Crippen molar-refractivity contribution in [2.24, 2.45) is 0 Å². The Bertz CT molecular complexity index is 449. The molecule has 0 aliphatic carbocycles. The van der Waals surface area contributed by atoms with E-state index in [0.29, 0.717) is 15.8 Å². The molecular weight excluding hydrogens is 323 g/mol. The van der Waals surface area contributed by atoms with Gasteiger partial charge in [0.1, 0.15) is 5.75 Å². The molecule has 0 spiro atoms. The fourth-order valence-electron chi connectivity index (χ4n) is 1.92. The first-order valence-corrected chi connectivity index (χ1v) is 6.99. The fourth-order valence-corrected chi connectivity index (χ4v) is 2.38. The largest absolute Gasteiger partial charge is 0.482 e. The first-order chi connectivity index (χ1) is 9.16. The second-order valence-corrected chi connectivity index (χ2v) is 5.19. The zero-order valence-corrected chi connectivity index (χ0v) is 13.2. The van der Waals surface area contributed by atoms with E-state index in [-0.39, 0.29) is 24.9 Å². The molecule has 1 aromatic rings. The van der Waals surface area contributed by atoms with E-state index in [9.17, 15) is 4.79 Å². The Morgan fingerprint density at radius 2 is 2.10 bits per heavy atom. The number of carbonyl (C=O) groups is 1. The van der Waals surface area contributed by atoms with Crippen molar-refractivity contribution in [1.29, 1.82) is 0 Å². The van der Waals surface area contributed by atoms with Crippen molar-refractivity contribution in [3.05, 3.63) is 28.2 Å². The third kappa shape index (κ3) is 5.02. The molecule has 1 amide bonds. The number of ether oxygens (including phenoxy) is 1. The zero-order valence-electron chi connectivity index (χ0n) is 10.9. The van der Waals surface area contributed by atoms with Crippen LogP contribution in [0.1, 0.15) is 6.42 Å². The molecule has 1 saturated heterocycles. The molecule has 2 rings (SSSR count). The maximum Gasteiger partial charge on any atom is 0.260 e. The average Bonchev–Trinajstić information content (AvgIpc) is 2.66. The van der Waals surface area contributed by atoms with Crippen LogP contribution in [0.3, 0.4) is 0 Å². The Hall–Kier alpha value is -0.680. The smallest absolute Gasteiger partial charge is 0.260 e. The SMILES string of the molecule is Cl.O=C(COc1ccc(Cl)cc1Cl)N1CCCNCC1. The van der Waals surface area contributed by atoms with Gasteiger partial charge in [0.2, 0.25) is 0 Å². The van der Waals surface area contributed by atoms with Crippen LogP contribution in [0.5, 0.6) is 5.75 Å². The molecular formula is C13H17Cl3N2O2. The highest BCUT2D eigenvalue weighted by Crippen LogP contribution is 2.27. The van der Waals surface area contributed by atoms with E-state index >= 15 is 0 Å². The summed E-state index contributed by atoms with van der Waals surface area (Å²) in [5.41, 5.74) is 0. The number of carbonyl (C=O) groups excluding carboxylic acids is 1. The summed E-state index contributed by atoms with van der Waals surface area (Å²) in [7, 11) is 0. The van der Waals surface area contributed by atoms with Gasteiger partial charge >= 0.3 is 0 Å². The predicted octanol–water partition coefficient (Wildman–Crippen LogP) is 2.62. The monoisotopic (exact) mass is 338 g/mol. The molecule has 0 saturated carbocycles. The highest BCUT2D eigenvalue weighted by atomic mass is 35.5. The molecule has 1 aliphatic heterocycles. The zero-order chi connectivity index (χ0) is 13.7. The molecule has 0 aromatic heterocycles. The van der Waals surface area contributed by atoms with Crippen LogP contribution in [0.25, 0.3) is 0 Å². The molecule has 112 valence electrons. The Morgan fingerprint density at radius 3 is 2.85 bits per heavy atom. The van der Waals surface area contributed by atoms with E-state index in [1.807, 2.05) is 4.90 Å². The highest BCUT2D eigenvalue weighted by Gasteiger charge is 2.16. The molecule has 1 heterocycles. The lowest BCUT2D eigenvalue weighted by atomic mass is 10.3. The third-order valence-electron chi connectivity index (χ3n) is 2.94. The van der Waals surface area contributed by atoms with Gasteiger partial charge in [0.15, 0.2) is 6.61 Å². The molecule has 1 aliphatic rings. The van der Waals surface area contributed by atoms with Gasteiger partial charge in [-0.2, -0.15) is 0 Å². The minimum Gasteiger partial charge on any atom is -0.482 e. The van der Waals surface area contributed by atoms with Crippen molar-refractivity contribution in [3.63, 3.8) is 0 Å². The molecule has 0 radical (unpaired) electrons. The minimum absolute atomic E-state index is 0. The molecule has 20 heavy (non-hydrogen) atoms. The van der Waals surface area contributed by atoms with Crippen LogP contribution >= 0.6 is 35.6 Å². The van der Waals surface area contributed by atoms with E-state index < -0.39 is 0 Å². The summed E-state index contributed by atoms with van der Waals surface area (Å²) in [6.07, 6.45) is 0.966. The lowest BCUT2D eigenvalue weighted by Gasteiger charge is -2.20. The molecule has 1 N–H and O–H groups in total. The van der Waals surface area contributed by atoms with E-state index in [1.165, 1.54) is 0 Å². The van der Waals surface area contributed by atoms with Gasteiger partial charge in [-0.25, -0.2) is 0 Å². The summed E-state index contributed by atoms with van der Waals surface area (Å²) in [6.45, 7) is 3.27. The van der Waals surface area contributed by atoms with Crippen molar-refractivity contribution in [2.45, 2.75) is 6.42 Å². The number of halogens is 3. The predicted molar refractivity (Wildman–Crippen MR) is 83.3 cm³/mol. The summed E-state index contributed by atoms with van der Waals surface area (Å²) in [5.74, 6) is 0.460. The number of benzene rings is 1. The molecule has 4 nitrogen and oxygen atoms in total. The number of amides is 1. The maximum atomic E-state index is 12.0. The average molecular weight is 340 g/mol. The van der Waals surface area contributed by atoms with E-state index in [0.717, 1.165) is 32.6 Å². The summed E-state index contributed by atoms with van der Waals surface area (Å²) in [5, 5.41) is 4.21. The second kappa shape index (κ2) is 8.57. The van der Waals surface area contributed by atoms with Crippen molar-refractivity contribution >= 4 is 41.5 Å². The van der Waals surface area contributed by atoms with E-state index in [2.05, 4.69) is 5.32 Å². The van der Waals surface area contributed by atoms with Gasteiger partial charge in [-0.05, 0) is 31.2 Å². The van der Waals surface area contributed by atoms with Gasteiger partial charge in [-0.15, -0.1) is 12.4 Å². The topological polar surface area (TPSA) is 41.6 Å². The Labute approximate surface area is 134 Å². The van der Waals surface area contributed by atoms with Gasteiger partial charge in [0, 0.05) is 24.7 Å². The number of hydrogen-bond donors (Lipinski definition) is 1. The number of hydrogen-bond acceptors (Lipinski definition) is 3. The molecule has 7 heteroatoms. The van der Waals surface area contributed by atoms with Crippen molar-refractivity contribution in [2.75, 3.05) is 32.8 Å².